The van der Waals surface area contributed by atoms with Crippen LogP contribution in [-0.4, -0.2) is 86.0 Å². The summed E-state index contributed by atoms with van der Waals surface area (Å²) in [5, 5.41) is 0.161. The first-order valence-electron chi connectivity index (χ1n) is 10.1. The van der Waals surface area contributed by atoms with Crippen LogP contribution in [0.3, 0.4) is 0 Å². The first kappa shape index (κ1) is 22.4. The van der Waals surface area contributed by atoms with E-state index in [-0.39, 0.29) is 24.8 Å². The van der Waals surface area contributed by atoms with Gasteiger partial charge < -0.3 is 19.3 Å². The maximum atomic E-state index is 14.9. The number of cyclic esters (lactones) is 1. The minimum Gasteiger partial charge on any atom is -0.474 e. The first-order valence-corrected chi connectivity index (χ1v) is 10.5. The molecule has 0 aromatic heterocycles. The topological polar surface area (TPSA) is 65.6 Å². The molecule has 2 atom stereocenters. The van der Waals surface area contributed by atoms with Crippen LogP contribution >= 0.6 is 12.2 Å². The van der Waals surface area contributed by atoms with Gasteiger partial charge >= 0.3 is 6.09 Å². The van der Waals surface area contributed by atoms with Gasteiger partial charge in [-0.3, -0.25) is 14.6 Å². The fourth-order valence-electron chi connectivity index (χ4n) is 3.91. The molecular formula is C20H23F3N4O4S. The molecule has 174 valence electrons. The van der Waals surface area contributed by atoms with Crippen molar-refractivity contribution in [1.29, 1.82) is 0 Å². The fourth-order valence-corrected chi connectivity index (χ4v) is 4.03. The molecule has 1 aliphatic carbocycles. The van der Waals surface area contributed by atoms with Crippen LogP contribution in [-0.2, 0) is 14.3 Å². The number of hydrogen-bond donors (Lipinski definition) is 0. The largest absolute Gasteiger partial charge is 0.474 e. The summed E-state index contributed by atoms with van der Waals surface area (Å²) in [6.07, 6.45) is -1.69. The van der Waals surface area contributed by atoms with Crippen LogP contribution in [0.15, 0.2) is 18.2 Å². The van der Waals surface area contributed by atoms with E-state index in [1.807, 2.05) is 0 Å². The molecule has 1 saturated carbocycles. The van der Waals surface area contributed by atoms with E-state index in [9.17, 15) is 22.8 Å². The van der Waals surface area contributed by atoms with Crippen LogP contribution in [0.5, 0.6) is 0 Å². The number of piperazine rings is 1. The van der Waals surface area contributed by atoms with E-state index < -0.39 is 42.3 Å². The maximum absolute atomic E-state index is 14.9. The monoisotopic (exact) mass is 472 g/mol. The Bertz CT molecular complexity index is 941. The maximum Gasteiger partial charge on any atom is 0.416 e. The fraction of sp³-hybridized carbons (Fsp3) is 0.550. The van der Waals surface area contributed by atoms with Gasteiger partial charge in [0.1, 0.15) is 11.7 Å². The van der Waals surface area contributed by atoms with E-state index >= 15 is 0 Å². The molecule has 32 heavy (non-hydrogen) atoms. The van der Waals surface area contributed by atoms with Crippen LogP contribution in [0.25, 0.3) is 0 Å². The Morgan fingerprint density at radius 2 is 1.94 bits per heavy atom. The van der Waals surface area contributed by atoms with Gasteiger partial charge in [0.2, 0.25) is 5.91 Å². The second-order valence-corrected chi connectivity index (χ2v) is 8.34. The van der Waals surface area contributed by atoms with Crippen LogP contribution in [0.2, 0.25) is 0 Å². The number of carbonyl (C=O) groups is 2. The Balaban J connectivity index is 1.38. The highest BCUT2D eigenvalue weighted by molar-refractivity contribution is 7.80. The first-order chi connectivity index (χ1) is 15.1. The summed E-state index contributed by atoms with van der Waals surface area (Å²) in [6.45, 7) is 1.29. The molecule has 2 aliphatic heterocycles. The predicted octanol–water partition coefficient (Wildman–Crippen LogP) is 2.28. The van der Waals surface area contributed by atoms with Gasteiger partial charge in [-0.2, -0.15) is 0 Å². The van der Waals surface area contributed by atoms with E-state index in [0.717, 1.165) is 0 Å². The third-order valence-corrected chi connectivity index (χ3v) is 6.44. The van der Waals surface area contributed by atoms with Gasteiger partial charge in [-0.05, 0) is 30.4 Å². The average Bonchev–Trinajstić information content (AvgIpc) is 3.24. The van der Waals surface area contributed by atoms with Crippen LogP contribution in [0, 0.1) is 11.7 Å². The molecular weight excluding hydrogens is 449 g/mol. The van der Waals surface area contributed by atoms with Crippen molar-refractivity contribution in [2.75, 3.05) is 56.7 Å². The summed E-state index contributed by atoms with van der Waals surface area (Å²) >= 11 is 5.04. The number of carbonyl (C=O) groups excluding carboxylic acids is 2. The lowest BCUT2D eigenvalue weighted by atomic mass is 10.2. The zero-order valence-corrected chi connectivity index (χ0v) is 18.4. The summed E-state index contributed by atoms with van der Waals surface area (Å²) in [6, 6.07) is 4.41. The van der Waals surface area contributed by atoms with Crippen molar-refractivity contribution in [1.82, 2.24) is 9.80 Å². The predicted molar refractivity (Wildman–Crippen MR) is 113 cm³/mol. The summed E-state index contributed by atoms with van der Waals surface area (Å²) in [4.78, 5) is 30.4. The van der Waals surface area contributed by atoms with Crippen molar-refractivity contribution >= 4 is 40.8 Å². The van der Waals surface area contributed by atoms with E-state index in [0.29, 0.717) is 24.5 Å². The number of anilines is 2. The summed E-state index contributed by atoms with van der Waals surface area (Å²) in [5.74, 6) is -5.18. The van der Waals surface area contributed by atoms with Crippen molar-refractivity contribution < 1.29 is 32.2 Å². The van der Waals surface area contributed by atoms with Gasteiger partial charge in [0, 0.05) is 39.6 Å². The molecule has 0 radical (unpaired) electrons. The Hall–Kier alpha value is -2.76. The van der Waals surface area contributed by atoms with E-state index in [4.69, 9.17) is 21.7 Å². The SMILES string of the molecule is COC(=S)N(C)C1CN(c2ccc(N3CCN(C(=O)C4CC4(F)F)CC3)c(F)c2)C(=O)O1. The molecule has 1 aromatic rings. The number of halogens is 3. The van der Waals surface area contributed by atoms with E-state index in [1.165, 1.54) is 27.9 Å². The van der Waals surface area contributed by atoms with Gasteiger partial charge in [-0.1, -0.05) is 0 Å². The molecule has 12 heteroatoms. The minimum absolute atomic E-state index is 0.143. The standard InChI is InChI=1S/C20H23F3N4O4S/c1-24(19(32)30-2)16-11-27(18(29)31-16)12-3-4-15(14(21)9-12)25-5-7-26(8-6-25)17(28)13-10-20(13,22)23/h3-4,9,13,16H,5-8,10-11H2,1-2H3. The van der Waals surface area contributed by atoms with Gasteiger partial charge in [-0.15, -0.1) is 0 Å². The molecule has 3 aliphatic rings. The second-order valence-electron chi connectivity index (χ2n) is 8.00. The Morgan fingerprint density at radius 3 is 2.50 bits per heavy atom. The Morgan fingerprint density at radius 1 is 1.28 bits per heavy atom. The highest BCUT2D eigenvalue weighted by Crippen LogP contribution is 2.49. The number of nitrogens with zero attached hydrogens (tertiary/aromatic N) is 4. The lowest BCUT2D eigenvalue weighted by Crippen LogP contribution is -2.49. The van der Waals surface area contributed by atoms with Gasteiger partial charge in [0.25, 0.3) is 11.1 Å². The van der Waals surface area contributed by atoms with Gasteiger partial charge in [-0.25, -0.2) is 18.0 Å². The zero-order chi connectivity index (χ0) is 23.2. The third-order valence-electron chi connectivity index (χ3n) is 5.99. The third kappa shape index (κ3) is 4.15. The van der Waals surface area contributed by atoms with Crippen molar-refractivity contribution in [2.24, 2.45) is 5.92 Å². The molecule has 2 unspecified atom stereocenters. The van der Waals surface area contributed by atoms with E-state index in [2.05, 4.69) is 0 Å². The van der Waals surface area contributed by atoms with Gasteiger partial charge in [0.15, 0.2) is 6.23 Å². The average molecular weight is 472 g/mol. The quantitative estimate of drug-likeness (QED) is 0.623. The molecule has 8 nitrogen and oxygen atoms in total. The number of thiocarbonyl (C=S) groups is 1. The molecule has 0 spiro atoms. The number of likely N-dealkylation sites (N-methyl/N-ethyl adjacent to an activating group) is 1. The van der Waals surface area contributed by atoms with Crippen molar-refractivity contribution in [3.63, 3.8) is 0 Å². The Labute approximate surface area is 188 Å². The minimum atomic E-state index is -2.89. The summed E-state index contributed by atoms with van der Waals surface area (Å²) < 4.78 is 51.5. The number of hydrogen-bond acceptors (Lipinski definition) is 6. The van der Waals surface area contributed by atoms with Crippen molar-refractivity contribution in [3.05, 3.63) is 24.0 Å². The normalized spacial score (nSPS) is 24.3. The molecule has 4 rings (SSSR count). The highest BCUT2D eigenvalue weighted by atomic mass is 32.1. The highest BCUT2D eigenvalue weighted by Gasteiger charge is 2.62. The van der Waals surface area contributed by atoms with Gasteiger partial charge in [0.05, 0.1) is 25.0 Å². The van der Waals surface area contributed by atoms with Crippen LogP contribution < -0.4 is 9.80 Å². The number of ether oxygens (including phenoxy) is 2. The smallest absolute Gasteiger partial charge is 0.416 e. The lowest BCUT2D eigenvalue weighted by Gasteiger charge is -2.36. The summed E-state index contributed by atoms with van der Waals surface area (Å²) in [7, 11) is 3.05. The molecule has 0 bridgehead atoms. The number of rotatable bonds is 4. The molecule has 0 N–H and O–H groups in total. The van der Waals surface area contributed by atoms with Crippen molar-refractivity contribution in [3.8, 4) is 0 Å². The number of benzene rings is 1. The number of amides is 2. The van der Waals surface area contributed by atoms with Crippen molar-refractivity contribution in [2.45, 2.75) is 18.6 Å². The number of alkyl halides is 2. The molecule has 2 saturated heterocycles. The van der Waals surface area contributed by atoms with E-state index in [1.54, 1.807) is 24.1 Å². The van der Waals surface area contributed by atoms with Crippen LogP contribution in [0.1, 0.15) is 6.42 Å². The summed E-state index contributed by atoms with van der Waals surface area (Å²) in [5.41, 5.74) is 0.652. The lowest BCUT2D eigenvalue weighted by molar-refractivity contribution is -0.135. The molecule has 2 heterocycles. The molecule has 3 fully saturated rings. The second kappa shape index (κ2) is 8.30. The molecule has 1 aromatic carbocycles. The number of methoxy groups -OCH3 is 1. The Kier molecular flexibility index (Phi) is 5.82. The molecule has 2 amide bonds. The van der Waals surface area contributed by atoms with Crippen LogP contribution in [0.4, 0.5) is 29.3 Å². The zero-order valence-electron chi connectivity index (χ0n) is 17.6.